The molecule has 1 amide bonds. The first-order valence-corrected chi connectivity index (χ1v) is 13.0. The quantitative estimate of drug-likeness (QED) is 0.351. The average Bonchev–Trinajstić information content (AvgIpc) is 3.20. The molecule has 0 saturated heterocycles. The van der Waals surface area contributed by atoms with Crippen LogP contribution in [0.1, 0.15) is 57.4 Å². The van der Waals surface area contributed by atoms with Crippen LogP contribution < -0.4 is 16.4 Å². The number of benzene rings is 1. The van der Waals surface area contributed by atoms with Crippen LogP contribution in [0.25, 0.3) is 11.2 Å². The fraction of sp³-hybridized carbons (Fsp3) is 0.500. The van der Waals surface area contributed by atoms with Gasteiger partial charge >= 0.3 is 0 Å². The molecule has 192 valence electrons. The number of fused-ring (bicyclic) bond motifs is 1. The Balaban J connectivity index is 1.53. The van der Waals surface area contributed by atoms with Gasteiger partial charge in [0, 0.05) is 12.0 Å². The maximum Gasteiger partial charge on any atom is 0.225 e. The third-order valence-electron chi connectivity index (χ3n) is 7.18. The molecule has 0 unspecified atom stereocenters. The van der Waals surface area contributed by atoms with Crippen LogP contribution in [0, 0.1) is 11.7 Å². The van der Waals surface area contributed by atoms with Gasteiger partial charge in [-0.1, -0.05) is 36.0 Å². The molecule has 2 fully saturated rings. The lowest BCUT2D eigenvalue weighted by molar-refractivity contribution is -0.122. The van der Waals surface area contributed by atoms with Crippen molar-refractivity contribution in [2.24, 2.45) is 11.7 Å². The van der Waals surface area contributed by atoms with Crippen LogP contribution in [0.5, 0.6) is 0 Å². The van der Waals surface area contributed by atoms with E-state index in [1.807, 2.05) is 4.57 Å². The molecule has 2 atom stereocenters. The Hall–Kier alpha value is -2.69. The SMILES string of the molecule is NC(=O)C1CCC(n2c(Nc3c(Cl)cc(F)cc3Cl)nc3cnc(N[C@H]4CCCC[C@H]4O)nc32)CC1. The predicted molar refractivity (Wildman–Crippen MR) is 137 cm³/mol. The maximum absolute atomic E-state index is 13.8. The lowest BCUT2D eigenvalue weighted by Gasteiger charge is -2.29. The Labute approximate surface area is 217 Å². The number of anilines is 3. The molecule has 0 bridgehead atoms. The third kappa shape index (κ3) is 5.07. The van der Waals surface area contributed by atoms with Crippen molar-refractivity contribution in [2.75, 3.05) is 10.6 Å². The monoisotopic (exact) mass is 535 g/mol. The zero-order chi connectivity index (χ0) is 25.4. The van der Waals surface area contributed by atoms with Crippen molar-refractivity contribution in [3.05, 3.63) is 34.2 Å². The Morgan fingerprint density at radius 3 is 2.44 bits per heavy atom. The summed E-state index contributed by atoms with van der Waals surface area (Å²) in [6.07, 6.45) is 7.51. The van der Waals surface area contributed by atoms with E-state index < -0.39 is 11.9 Å². The van der Waals surface area contributed by atoms with E-state index >= 15 is 0 Å². The summed E-state index contributed by atoms with van der Waals surface area (Å²) in [6, 6.07) is 2.22. The number of hydrogen-bond acceptors (Lipinski definition) is 7. The number of nitrogens with one attached hydrogen (secondary N) is 2. The van der Waals surface area contributed by atoms with Crippen LogP contribution in [0.4, 0.5) is 22.0 Å². The van der Waals surface area contributed by atoms with Gasteiger partial charge in [-0.05, 0) is 50.7 Å². The number of carbonyl (C=O) groups is 1. The average molecular weight is 536 g/mol. The first kappa shape index (κ1) is 25.0. The number of nitrogens with zero attached hydrogens (tertiary/aromatic N) is 4. The Morgan fingerprint density at radius 2 is 1.78 bits per heavy atom. The molecule has 9 nitrogen and oxygen atoms in total. The molecule has 1 aromatic carbocycles. The molecule has 3 aromatic rings. The van der Waals surface area contributed by atoms with Gasteiger partial charge in [-0.3, -0.25) is 9.36 Å². The van der Waals surface area contributed by atoms with Gasteiger partial charge in [0.05, 0.1) is 34.1 Å². The molecule has 2 aromatic heterocycles. The highest BCUT2D eigenvalue weighted by Crippen LogP contribution is 2.39. The van der Waals surface area contributed by atoms with Crippen molar-refractivity contribution in [3.63, 3.8) is 0 Å². The summed E-state index contributed by atoms with van der Waals surface area (Å²) in [5.41, 5.74) is 7.02. The normalized spacial score (nSPS) is 24.6. The first-order chi connectivity index (χ1) is 17.3. The Kier molecular flexibility index (Phi) is 7.18. The lowest BCUT2D eigenvalue weighted by Crippen LogP contribution is -2.36. The van der Waals surface area contributed by atoms with Crippen molar-refractivity contribution in [1.29, 1.82) is 0 Å². The molecule has 5 N–H and O–H groups in total. The van der Waals surface area contributed by atoms with Crippen molar-refractivity contribution in [1.82, 2.24) is 19.5 Å². The zero-order valence-corrected chi connectivity index (χ0v) is 21.1. The van der Waals surface area contributed by atoms with E-state index in [2.05, 4.69) is 15.6 Å². The number of imidazole rings is 1. The number of amides is 1. The fourth-order valence-electron chi connectivity index (χ4n) is 5.23. The molecule has 5 rings (SSSR count). The van der Waals surface area contributed by atoms with Crippen LogP contribution in [0.2, 0.25) is 10.0 Å². The Morgan fingerprint density at radius 1 is 1.08 bits per heavy atom. The van der Waals surface area contributed by atoms with E-state index in [-0.39, 0.29) is 34.0 Å². The zero-order valence-electron chi connectivity index (χ0n) is 19.6. The molecule has 2 heterocycles. The molecule has 0 aliphatic heterocycles. The van der Waals surface area contributed by atoms with E-state index in [1.165, 1.54) is 12.1 Å². The van der Waals surface area contributed by atoms with Crippen molar-refractivity contribution in [2.45, 2.75) is 69.6 Å². The molecule has 0 radical (unpaired) electrons. The fourth-order valence-corrected chi connectivity index (χ4v) is 5.79. The van der Waals surface area contributed by atoms with Gasteiger partial charge in [-0.15, -0.1) is 0 Å². The number of aromatic nitrogens is 4. The van der Waals surface area contributed by atoms with E-state index in [9.17, 15) is 14.3 Å². The summed E-state index contributed by atoms with van der Waals surface area (Å²) in [6.45, 7) is 0. The van der Waals surface area contributed by atoms with E-state index in [1.54, 1.807) is 6.20 Å². The highest BCUT2D eigenvalue weighted by molar-refractivity contribution is 6.39. The summed E-state index contributed by atoms with van der Waals surface area (Å²) in [4.78, 5) is 25.6. The molecular formula is C24H28Cl2FN7O2. The predicted octanol–water partition coefficient (Wildman–Crippen LogP) is 4.95. The molecule has 2 aliphatic carbocycles. The van der Waals surface area contributed by atoms with Crippen molar-refractivity contribution in [3.8, 4) is 0 Å². The van der Waals surface area contributed by atoms with Gasteiger partial charge in [0.2, 0.25) is 17.8 Å². The minimum atomic E-state index is -0.541. The molecule has 0 spiro atoms. The second-order valence-electron chi connectivity index (χ2n) is 9.59. The minimum absolute atomic E-state index is 0.0193. The minimum Gasteiger partial charge on any atom is -0.391 e. The maximum atomic E-state index is 13.8. The Bertz CT molecular complexity index is 1260. The topological polar surface area (TPSA) is 131 Å². The molecule has 2 saturated carbocycles. The number of rotatable bonds is 6. The van der Waals surface area contributed by atoms with Crippen molar-refractivity contribution >= 4 is 57.9 Å². The number of nitrogens with two attached hydrogens (primary N) is 1. The van der Waals surface area contributed by atoms with Crippen molar-refractivity contribution < 1.29 is 14.3 Å². The van der Waals surface area contributed by atoms with Gasteiger partial charge in [0.1, 0.15) is 11.3 Å². The van der Waals surface area contributed by atoms with Gasteiger partial charge in [-0.2, -0.15) is 4.98 Å². The second-order valence-corrected chi connectivity index (χ2v) is 10.4. The van der Waals surface area contributed by atoms with Crippen LogP contribution in [-0.2, 0) is 4.79 Å². The smallest absolute Gasteiger partial charge is 0.225 e. The lowest BCUT2D eigenvalue weighted by atomic mass is 9.85. The molecule has 12 heteroatoms. The van der Waals surface area contributed by atoms with Gasteiger partial charge in [-0.25, -0.2) is 14.4 Å². The number of aliphatic hydroxyl groups is 1. The van der Waals surface area contributed by atoms with Gasteiger partial charge < -0.3 is 21.5 Å². The molecule has 2 aliphatic rings. The summed E-state index contributed by atoms with van der Waals surface area (Å²) < 4.78 is 15.7. The van der Waals surface area contributed by atoms with Gasteiger partial charge in [0.15, 0.2) is 5.65 Å². The number of halogens is 3. The van der Waals surface area contributed by atoms with Crippen LogP contribution >= 0.6 is 23.2 Å². The summed E-state index contributed by atoms with van der Waals surface area (Å²) in [5.74, 6) is -0.141. The standard InChI is InChI=1S/C24H28Cl2FN7O2/c25-15-9-13(27)10-16(26)20(15)32-24-31-18-11-29-23(30-17-3-1-2-4-19(17)35)33-22(18)34(24)14-7-5-12(6-8-14)21(28)36/h9-12,14,17,19,35H,1-8H2,(H2,28,36)(H,31,32)(H,29,30,33)/t12?,14?,17-,19+/m0/s1. The van der Waals surface area contributed by atoms with Crippen LogP contribution in [0.15, 0.2) is 18.3 Å². The van der Waals surface area contributed by atoms with Gasteiger partial charge in [0.25, 0.3) is 0 Å². The molecular weight excluding hydrogens is 508 g/mol. The van der Waals surface area contributed by atoms with E-state index in [4.69, 9.17) is 38.9 Å². The largest absolute Gasteiger partial charge is 0.391 e. The highest BCUT2D eigenvalue weighted by Gasteiger charge is 2.30. The van der Waals surface area contributed by atoms with E-state index in [0.717, 1.165) is 25.7 Å². The molecule has 36 heavy (non-hydrogen) atoms. The number of hydrogen-bond donors (Lipinski definition) is 4. The number of primary amides is 1. The summed E-state index contributed by atoms with van der Waals surface area (Å²) in [5, 5.41) is 17.1. The summed E-state index contributed by atoms with van der Waals surface area (Å²) >= 11 is 12.6. The van der Waals surface area contributed by atoms with Crippen LogP contribution in [0.3, 0.4) is 0 Å². The number of carbonyl (C=O) groups excluding carboxylic acids is 1. The second kappa shape index (κ2) is 10.4. The van der Waals surface area contributed by atoms with E-state index in [0.29, 0.717) is 54.4 Å². The summed E-state index contributed by atoms with van der Waals surface area (Å²) in [7, 11) is 0. The highest BCUT2D eigenvalue weighted by atomic mass is 35.5. The first-order valence-electron chi connectivity index (χ1n) is 12.2. The third-order valence-corrected chi connectivity index (χ3v) is 7.78. The van der Waals surface area contributed by atoms with Crippen LogP contribution in [-0.4, -0.2) is 42.7 Å². The number of aliphatic hydroxyl groups excluding tert-OH is 1.